The highest BCUT2D eigenvalue weighted by Gasteiger charge is 2.10. The molecule has 0 amide bonds. The molecule has 2 heteroatoms. The van der Waals surface area contributed by atoms with Crippen molar-refractivity contribution in [2.24, 2.45) is 0 Å². The van der Waals surface area contributed by atoms with E-state index in [0.717, 1.165) is 0 Å². The van der Waals surface area contributed by atoms with Crippen LogP contribution in [0.3, 0.4) is 0 Å². The van der Waals surface area contributed by atoms with Gasteiger partial charge in [-0.1, -0.05) is 38.1 Å². The normalized spacial score (nSPS) is 13.5. The number of hydrogen-bond acceptors (Lipinski definition) is 2. The van der Waals surface area contributed by atoms with Gasteiger partial charge in [0.05, 0.1) is 6.17 Å². The molecule has 1 rings (SSSR count). The van der Waals surface area contributed by atoms with E-state index in [9.17, 15) is 0 Å². The van der Waals surface area contributed by atoms with Crippen LogP contribution in [0.2, 0.25) is 0 Å². The van der Waals surface area contributed by atoms with E-state index >= 15 is 0 Å². The van der Waals surface area contributed by atoms with E-state index in [1.807, 2.05) is 7.05 Å². The van der Waals surface area contributed by atoms with E-state index in [2.05, 4.69) is 62.4 Å². The molecule has 1 aromatic rings. The summed E-state index contributed by atoms with van der Waals surface area (Å²) in [4.78, 5) is 2.17. The highest BCUT2D eigenvalue weighted by Crippen LogP contribution is 2.19. The summed E-state index contributed by atoms with van der Waals surface area (Å²) in [6, 6.07) is 8.84. The van der Waals surface area contributed by atoms with E-state index in [1.54, 1.807) is 0 Å². The van der Waals surface area contributed by atoms with Crippen LogP contribution in [0, 0.1) is 0 Å². The average Bonchev–Trinajstić information content (AvgIpc) is 2.19. The molecule has 0 aliphatic heterocycles. The maximum atomic E-state index is 3.29. The molecule has 0 aromatic heterocycles. The Morgan fingerprint density at radius 1 is 1.00 bits per heavy atom. The van der Waals surface area contributed by atoms with Crippen LogP contribution in [-0.4, -0.2) is 26.0 Å². The maximum absolute atomic E-state index is 3.29. The van der Waals surface area contributed by atoms with Crippen molar-refractivity contribution in [3.8, 4) is 0 Å². The van der Waals surface area contributed by atoms with Gasteiger partial charge in [-0.15, -0.1) is 0 Å². The van der Waals surface area contributed by atoms with E-state index in [-0.39, 0.29) is 0 Å². The Hall–Kier alpha value is -0.860. The minimum absolute atomic E-state index is 0.297. The Balaban J connectivity index is 2.87. The van der Waals surface area contributed by atoms with E-state index < -0.39 is 0 Å². The molecule has 0 bridgehead atoms. The minimum atomic E-state index is 0.297. The summed E-state index contributed by atoms with van der Waals surface area (Å²) in [5.74, 6) is 0.603. The van der Waals surface area contributed by atoms with Crippen LogP contribution in [-0.2, 0) is 0 Å². The van der Waals surface area contributed by atoms with Crippen LogP contribution < -0.4 is 5.32 Å². The molecule has 1 N–H and O–H groups in total. The lowest BCUT2D eigenvalue weighted by molar-refractivity contribution is 0.264. The fraction of sp³-hybridized carbons (Fsp3) is 0.538. The Kier molecular flexibility index (Phi) is 4.30. The van der Waals surface area contributed by atoms with Crippen LogP contribution in [0.1, 0.15) is 37.1 Å². The standard InChI is InChI=1S/C13H22N2/c1-10(2)11-6-8-12(9-7-11)13(14-3)15(4)5/h6-10,13-14H,1-5H3. The fourth-order valence-corrected chi connectivity index (χ4v) is 1.79. The Labute approximate surface area is 93.3 Å². The molecular formula is C13H22N2. The van der Waals surface area contributed by atoms with Gasteiger partial charge in [0.15, 0.2) is 0 Å². The molecule has 84 valence electrons. The highest BCUT2D eigenvalue weighted by atomic mass is 15.2. The van der Waals surface area contributed by atoms with E-state index in [1.165, 1.54) is 11.1 Å². The lowest BCUT2D eigenvalue weighted by Crippen LogP contribution is -2.30. The lowest BCUT2D eigenvalue weighted by Gasteiger charge is -2.24. The predicted molar refractivity (Wildman–Crippen MR) is 66.0 cm³/mol. The van der Waals surface area contributed by atoms with Crippen molar-refractivity contribution in [1.82, 2.24) is 10.2 Å². The van der Waals surface area contributed by atoms with Crippen molar-refractivity contribution in [1.29, 1.82) is 0 Å². The topological polar surface area (TPSA) is 15.3 Å². The molecule has 0 spiro atoms. The van der Waals surface area contributed by atoms with Crippen molar-refractivity contribution in [2.75, 3.05) is 21.1 Å². The van der Waals surface area contributed by atoms with Gasteiger partial charge < -0.3 is 5.32 Å². The zero-order chi connectivity index (χ0) is 11.4. The molecule has 2 nitrogen and oxygen atoms in total. The molecule has 1 unspecified atom stereocenters. The number of nitrogens with one attached hydrogen (secondary N) is 1. The molecule has 0 fully saturated rings. The SMILES string of the molecule is CNC(c1ccc(C(C)C)cc1)N(C)C. The number of nitrogens with zero attached hydrogens (tertiary/aromatic N) is 1. The fourth-order valence-electron chi connectivity index (χ4n) is 1.79. The molecule has 0 radical (unpaired) electrons. The zero-order valence-corrected chi connectivity index (χ0v) is 10.4. The van der Waals surface area contributed by atoms with Crippen LogP contribution in [0.25, 0.3) is 0 Å². The Bertz CT molecular complexity index is 288. The van der Waals surface area contributed by atoms with Gasteiger partial charge in [-0.25, -0.2) is 0 Å². The van der Waals surface area contributed by atoms with Gasteiger partial charge in [0, 0.05) is 0 Å². The first kappa shape index (κ1) is 12.2. The van der Waals surface area contributed by atoms with Gasteiger partial charge in [-0.3, -0.25) is 4.90 Å². The van der Waals surface area contributed by atoms with Crippen molar-refractivity contribution in [2.45, 2.75) is 25.9 Å². The second-order valence-electron chi connectivity index (χ2n) is 4.48. The molecule has 0 aliphatic rings. The number of hydrogen-bond donors (Lipinski definition) is 1. The number of benzene rings is 1. The molecular weight excluding hydrogens is 184 g/mol. The monoisotopic (exact) mass is 206 g/mol. The van der Waals surface area contributed by atoms with Gasteiger partial charge in [-0.2, -0.15) is 0 Å². The average molecular weight is 206 g/mol. The van der Waals surface area contributed by atoms with Crippen LogP contribution in [0.5, 0.6) is 0 Å². The van der Waals surface area contributed by atoms with Gasteiger partial charge in [0.1, 0.15) is 0 Å². The zero-order valence-electron chi connectivity index (χ0n) is 10.4. The molecule has 0 heterocycles. The summed E-state index contributed by atoms with van der Waals surface area (Å²) in [6.45, 7) is 4.44. The second-order valence-corrected chi connectivity index (χ2v) is 4.48. The first-order valence-corrected chi connectivity index (χ1v) is 5.49. The van der Waals surface area contributed by atoms with Crippen LogP contribution in [0.15, 0.2) is 24.3 Å². The lowest BCUT2D eigenvalue weighted by atomic mass is 10.0. The van der Waals surface area contributed by atoms with Gasteiger partial charge in [-0.05, 0) is 38.2 Å². The van der Waals surface area contributed by atoms with Crippen molar-refractivity contribution in [3.05, 3.63) is 35.4 Å². The van der Waals surface area contributed by atoms with E-state index in [0.29, 0.717) is 12.1 Å². The highest BCUT2D eigenvalue weighted by molar-refractivity contribution is 5.26. The van der Waals surface area contributed by atoms with Crippen LogP contribution in [0.4, 0.5) is 0 Å². The quantitative estimate of drug-likeness (QED) is 0.762. The van der Waals surface area contributed by atoms with Crippen LogP contribution >= 0.6 is 0 Å². The maximum Gasteiger partial charge on any atom is 0.0853 e. The molecule has 1 aromatic carbocycles. The van der Waals surface area contributed by atoms with Crippen molar-refractivity contribution < 1.29 is 0 Å². The summed E-state index contributed by atoms with van der Waals surface area (Å²) < 4.78 is 0. The predicted octanol–water partition coefficient (Wildman–Crippen LogP) is 2.59. The third-order valence-electron chi connectivity index (χ3n) is 2.71. The largest absolute Gasteiger partial charge is 0.301 e. The third kappa shape index (κ3) is 3.05. The van der Waals surface area contributed by atoms with Crippen molar-refractivity contribution in [3.63, 3.8) is 0 Å². The van der Waals surface area contributed by atoms with Crippen molar-refractivity contribution >= 4 is 0 Å². The van der Waals surface area contributed by atoms with Gasteiger partial charge >= 0.3 is 0 Å². The molecule has 15 heavy (non-hydrogen) atoms. The van der Waals surface area contributed by atoms with Gasteiger partial charge in [0.25, 0.3) is 0 Å². The smallest absolute Gasteiger partial charge is 0.0853 e. The first-order valence-electron chi connectivity index (χ1n) is 5.49. The summed E-state index contributed by atoms with van der Waals surface area (Å²) in [6.07, 6.45) is 0.297. The van der Waals surface area contributed by atoms with E-state index in [4.69, 9.17) is 0 Å². The molecule has 0 saturated heterocycles. The summed E-state index contributed by atoms with van der Waals surface area (Å²) in [5.41, 5.74) is 2.71. The summed E-state index contributed by atoms with van der Waals surface area (Å²) in [5, 5.41) is 3.29. The third-order valence-corrected chi connectivity index (χ3v) is 2.71. The molecule has 0 saturated carbocycles. The number of rotatable bonds is 4. The Morgan fingerprint density at radius 2 is 1.47 bits per heavy atom. The first-order chi connectivity index (χ1) is 7.06. The second kappa shape index (κ2) is 5.29. The molecule has 1 atom stereocenters. The summed E-state index contributed by atoms with van der Waals surface area (Å²) >= 11 is 0. The Morgan fingerprint density at radius 3 is 1.80 bits per heavy atom. The molecule has 0 aliphatic carbocycles. The minimum Gasteiger partial charge on any atom is -0.301 e. The summed E-state index contributed by atoms with van der Waals surface area (Å²) in [7, 11) is 6.15. The van der Waals surface area contributed by atoms with Gasteiger partial charge in [0.2, 0.25) is 0 Å².